The summed E-state index contributed by atoms with van der Waals surface area (Å²) in [5.41, 5.74) is 1.84. The van der Waals surface area contributed by atoms with Crippen LogP contribution in [0.3, 0.4) is 0 Å². The first-order valence-electron chi connectivity index (χ1n) is 19.0. The van der Waals surface area contributed by atoms with Crippen LogP contribution in [-0.2, 0) is 19.2 Å². The maximum atomic E-state index is 13.9. The average molecular weight is 698 g/mol. The monoisotopic (exact) mass is 698 g/mol. The number of hydrogen-bond donors (Lipinski definition) is 6. The molecule has 0 aromatic heterocycles. The molecule has 0 aromatic rings. The summed E-state index contributed by atoms with van der Waals surface area (Å²) in [5, 5.41) is 14.7. The Morgan fingerprint density at radius 3 is 2.08 bits per heavy atom. The summed E-state index contributed by atoms with van der Waals surface area (Å²) in [6.45, 7) is 19.7. The van der Waals surface area contributed by atoms with Crippen molar-refractivity contribution in [3.05, 3.63) is 0 Å². The van der Waals surface area contributed by atoms with E-state index >= 15 is 0 Å². The molecular weight excluding hydrogens is 626 g/mol. The smallest absolute Gasteiger partial charge is 0.409 e. The molecule has 13 heteroatoms. The zero-order valence-corrected chi connectivity index (χ0v) is 32.2. The Hall–Kier alpha value is -2.64. The third-order valence-electron chi connectivity index (χ3n) is 8.57. The van der Waals surface area contributed by atoms with Crippen molar-refractivity contribution in [3.8, 4) is 0 Å². The van der Waals surface area contributed by atoms with Gasteiger partial charge in [-0.1, -0.05) is 107 Å². The van der Waals surface area contributed by atoms with Crippen molar-refractivity contribution >= 4 is 23.9 Å². The minimum Gasteiger partial charge on any atom is -0.426 e. The number of rotatable bonds is 15. The van der Waals surface area contributed by atoms with Gasteiger partial charge in [0.05, 0.1) is 18.8 Å². The molecule has 0 aromatic carbocycles. The lowest BCUT2D eigenvalue weighted by Crippen LogP contribution is -2.63. The summed E-state index contributed by atoms with van der Waals surface area (Å²) in [4.78, 5) is 59.8. The van der Waals surface area contributed by atoms with E-state index in [1.54, 1.807) is 6.92 Å². The fraction of sp³-hybridized carbons (Fsp3) is 0.889. The van der Waals surface area contributed by atoms with Crippen LogP contribution >= 0.6 is 0 Å². The average Bonchev–Trinajstić information content (AvgIpc) is 3.73. The number of ether oxygens (including phenoxy) is 1. The molecule has 49 heavy (non-hydrogen) atoms. The fourth-order valence-electron chi connectivity index (χ4n) is 5.30. The van der Waals surface area contributed by atoms with Crippen LogP contribution < -0.4 is 32.1 Å². The molecule has 1 aliphatic heterocycles. The van der Waals surface area contributed by atoms with Crippen LogP contribution in [0, 0.1) is 5.41 Å². The van der Waals surface area contributed by atoms with Gasteiger partial charge in [-0.25, -0.2) is 15.1 Å². The second-order valence-electron chi connectivity index (χ2n) is 14.6. The predicted octanol–water partition coefficient (Wildman–Crippen LogP) is 5.45. The Kier molecular flexibility index (Phi) is 21.5. The molecule has 0 spiro atoms. The van der Waals surface area contributed by atoms with Crippen LogP contribution in [0.15, 0.2) is 0 Å². The molecule has 2 unspecified atom stereocenters. The van der Waals surface area contributed by atoms with Crippen LogP contribution in [0.5, 0.6) is 0 Å². The van der Waals surface area contributed by atoms with E-state index in [1.807, 2.05) is 20.8 Å². The van der Waals surface area contributed by atoms with Crippen molar-refractivity contribution < 1.29 is 28.8 Å². The predicted molar refractivity (Wildman–Crippen MR) is 195 cm³/mol. The molecule has 2 saturated carbocycles. The summed E-state index contributed by atoms with van der Waals surface area (Å²) >= 11 is 0. The van der Waals surface area contributed by atoms with Crippen LogP contribution in [0.1, 0.15) is 146 Å². The SMILES string of the molecule is CCC.CCCC.CCCCNOCC1(NC(=O)NC(C(=O)N2CNC[C@H]2C(=O)NC(CC)OC(=O)NC2CC2)C(C)(C)C)CCCCC1. The van der Waals surface area contributed by atoms with Gasteiger partial charge in [0, 0.05) is 25.6 Å². The zero-order chi connectivity index (χ0) is 36.9. The number of amides is 5. The van der Waals surface area contributed by atoms with E-state index in [9.17, 15) is 19.2 Å². The van der Waals surface area contributed by atoms with Gasteiger partial charge in [-0.05, 0) is 37.5 Å². The van der Waals surface area contributed by atoms with E-state index < -0.39 is 47.3 Å². The van der Waals surface area contributed by atoms with Gasteiger partial charge in [0.1, 0.15) is 12.1 Å². The lowest BCUT2D eigenvalue weighted by molar-refractivity contribution is -0.142. The van der Waals surface area contributed by atoms with Crippen molar-refractivity contribution in [2.75, 3.05) is 26.4 Å². The minimum absolute atomic E-state index is 0.139. The Bertz CT molecular complexity index is 964. The molecule has 3 aliphatic rings. The van der Waals surface area contributed by atoms with Crippen LogP contribution in [-0.4, -0.2) is 85.1 Å². The molecule has 1 saturated heterocycles. The van der Waals surface area contributed by atoms with Gasteiger partial charge in [-0.15, -0.1) is 0 Å². The number of carbonyl (C=O) groups is 4. The Balaban J connectivity index is 0.00000157. The van der Waals surface area contributed by atoms with E-state index in [1.165, 1.54) is 24.2 Å². The fourth-order valence-corrected chi connectivity index (χ4v) is 5.30. The van der Waals surface area contributed by atoms with Gasteiger partial charge < -0.3 is 30.9 Å². The molecule has 286 valence electrons. The molecule has 5 amide bonds. The third kappa shape index (κ3) is 17.2. The summed E-state index contributed by atoms with van der Waals surface area (Å²) in [7, 11) is 0. The molecule has 3 fully saturated rings. The van der Waals surface area contributed by atoms with Crippen molar-refractivity contribution in [1.29, 1.82) is 0 Å². The topological polar surface area (TPSA) is 162 Å². The van der Waals surface area contributed by atoms with Gasteiger partial charge in [0.2, 0.25) is 11.8 Å². The summed E-state index contributed by atoms with van der Waals surface area (Å²) < 4.78 is 5.37. The summed E-state index contributed by atoms with van der Waals surface area (Å²) in [6, 6.07) is -2.00. The molecule has 6 N–H and O–H groups in total. The van der Waals surface area contributed by atoms with Crippen LogP contribution in [0.25, 0.3) is 0 Å². The van der Waals surface area contributed by atoms with E-state index in [4.69, 9.17) is 9.57 Å². The Morgan fingerprint density at radius 1 is 0.918 bits per heavy atom. The number of carbonyl (C=O) groups excluding carboxylic acids is 4. The van der Waals surface area contributed by atoms with Gasteiger partial charge in [-0.2, -0.15) is 0 Å². The maximum absolute atomic E-state index is 13.9. The molecular formula is C36H71N7O6. The first kappa shape index (κ1) is 44.4. The summed E-state index contributed by atoms with van der Waals surface area (Å²) in [6.07, 6.45) is 11.5. The van der Waals surface area contributed by atoms with Gasteiger partial charge >= 0.3 is 12.1 Å². The van der Waals surface area contributed by atoms with Crippen molar-refractivity contribution in [2.45, 2.75) is 176 Å². The number of hydroxylamine groups is 1. The maximum Gasteiger partial charge on any atom is 0.409 e. The minimum atomic E-state index is -0.889. The van der Waals surface area contributed by atoms with Gasteiger partial charge in [-0.3, -0.25) is 19.7 Å². The lowest BCUT2D eigenvalue weighted by atomic mass is 9.82. The van der Waals surface area contributed by atoms with Crippen molar-refractivity contribution in [2.24, 2.45) is 5.41 Å². The molecule has 0 radical (unpaired) electrons. The molecule has 2 aliphatic carbocycles. The second kappa shape index (κ2) is 23.7. The quantitative estimate of drug-likeness (QED) is 0.0749. The van der Waals surface area contributed by atoms with Gasteiger partial charge in [0.25, 0.3) is 0 Å². The first-order valence-corrected chi connectivity index (χ1v) is 19.0. The Labute approximate surface area is 296 Å². The van der Waals surface area contributed by atoms with E-state index in [0.717, 1.165) is 64.3 Å². The highest BCUT2D eigenvalue weighted by Crippen LogP contribution is 2.29. The number of unbranched alkanes of at least 4 members (excludes halogenated alkanes) is 2. The summed E-state index contributed by atoms with van der Waals surface area (Å²) in [5.74, 6) is -0.788. The highest BCUT2D eigenvalue weighted by Gasteiger charge is 2.43. The molecule has 1 heterocycles. The lowest BCUT2D eigenvalue weighted by Gasteiger charge is -2.39. The normalized spacial score (nSPS) is 19.5. The number of alkyl carbamates (subject to hydrolysis) is 1. The Morgan fingerprint density at radius 2 is 1.55 bits per heavy atom. The second-order valence-corrected chi connectivity index (χ2v) is 14.6. The largest absolute Gasteiger partial charge is 0.426 e. The van der Waals surface area contributed by atoms with Gasteiger partial charge in [0.15, 0.2) is 6.23 Å². The highest BCUT2D eigenvalue weighted by atomic mass is 16.6. The van der Waals surface area contributed by atoms with E-state index in [-0.39, 0.29) is 25.2 Å². The highest BCUT2D eigenvalue weighted by molar-refractivity contribution is 5.93. The number of urea groups is 1. The van der Waals surface area contributed by atoms with Crippen molar-refractivity contribution in [1.82, 2.24) is 37.0 Å². The number of hydrogen-bond acceptors (Lipinski definition) is 8. The number of nitrogens with one attached hydrogen (secondary N) is 6. The van der Waals surface area contributed by atoms with E-state index in [2.05, 4.69) is 66.7 Å². The standard InChI is InChI=1S/C29H53N7O6.C4H10.C3H8/c1-6-8-16-31-41-18-29(14-10-9-11-15-29)35-26(39)34-23(28(3,4)5)25(38)36-19-30-17-21(36)24(37)33-22(7-2)42-27(40)32-20-12-13-20;1-3-4-2;1-3-2/h20-23,30-31H,6-19H2,1-5H3,(H,32,40)(H,33,37)(H2,34,35,39);3-4H2,1-2H3;3H2,1-2H3/t21-,22?,23?;;/m0../s1. The van der Waals surface area contributed by atoms with Crippen LogP contribution in [0.4, 0.5) is 9.59 Å². The van der Waals surface area contributed by atoms with E-state index in [0.29, 0.717) is 13.0 Å². The zero-order valence-electron chi connectivity index (χ0n) is 32.2. The third-order valence-corrected chi connectivity index (χ3v) is 8.57. The first-order chi connectivity index (χ1) is 23.3. The molecule has 13 nitrogen and oxygen atoms in total. The molecule has 3 atom stereocenters. The number of nitrogens with zero attached hydrogens (tertiary/aromatic N) is 1. The molecule has 0 bridgehead atoms. The van der Waals surface area contributed by atoms with Crippen LogP contribution in [0.2, 0.25) is 0 Å². The molecule has 3 rings (SSSR count). The van der Waals surface area contributed by atoms with Crippen molar-refractivity contribution in [3.63, 3.8) is 0 Å².